The number of pyridine rings is 1. The summed E-state index contributed by atoms with van der Waals surface area (Å²) in [7, 11) is 0. The second-order valence-electron chi connectivity index (χ2n) is 3.42. The molecular formula is C11H15NO. The molecule has 1 aromatic heterocycles. The van der Waals surface area contributed by atoms with Crippen LogP contribution in [0.15, 0.2) is 30.0 Å². The number of aromatic nitrogens is 1. The lowest BCUT2D eigenvalue weighted by Crippen LogP contribution is -1.95. The highest BCUT2D eigenvalue weighted by molar-refractivity contribution is 5.22. The summed E-state index contributed by atoms with van der Waals surface area (Å²) < 4.78 is 0. The van der Waals surface area contributed by atoms with Crippen LogP contribution in [0.5, 0.6) is 0 Å². The number of aliphatic hydroxyl groups excluding tert-OH is 1. The van der Waals surface area contributed by atoms with Crippen LogP contribution in [0.1, 0.15) is 31.2 Å². The van der Waals surface area contributed by atoms with Gasteiger partial charge in [-0.3, -0.25) is 4.98 Å². The topological polar surface area (TPSA) is 33.1 Å². The van der Waals surface area contributed by atoms with Crippen LogP contribution in [-0.2, 0) is 0 Å². The van der Waals surface area contributed by atoms with E-state index < -0.39 is 6.10 Å². The van der Waals surface area contributed by atoms with Crippen LogP contribution < -0.4 is 0 Å². The molecule has 1 heterocycles. The van der Waals surface area contributed by atoms with Crippen molar-refractivity contribution in [1.82, 2.24) is 4.98 Å². The molecule has 0 amide bonds. The maximum absolute atomic E-state index is 9.71. The molecule has 0 bridgehead atoms. The Bertz CT molecular complexity index is 314. The largest absolute Gasteiger partial charge is 0.384 e. The van der Waals surface area contributed by atoms with Crippen LogP contribution in [0.4, 0.5) is 0 Å². The van der Waals surface area contributed by atoms with Crippen molar-refractivity contribution >= 4 is 0 Å². The Balaban J connectivity index is 2.89. The van der Waals surface area contributed by atoms with Gasteiger partial charge in [0, 0.05) is 11.9 Å². The van der Waals surface area contributed by atoms with Gasteiger partial charge < -0.3 is 5.11 Å². The molecule has 1 unspecified atom stereocenters. The second kappa shape index (κ2) is 4.19. The van der Waals surface area contributed by atoms with Gasteiger partial charge in [-0.05, 0) is 38.5 Å². The van der Waals surface area contributed by atoms with E-state index in [1.54, 1.807) is 6.20 Å². The fourth-order valence-corrected chi connectivity index (χ4v) is 1.16. The lowest BCUT2D eigenvalue weighted by Gasteiger charge is -2.06. The molecule has 0 aliphatic rings. The van der Waals surface area contributed by atoms with Crippen molar-refractivity contribution in [2.75, 3.05) is 0 Å². The molecule has 13 heavy (non-hydrogen) atoms. The highest BCUT2D eigenvalue weighted by atomic mass is 16.3. The second-order valence-corrected chi connectivity index (χ2v) is 3.42. The molecule has 2 heteroatoms. The van der Waals surface area contributed by atoms with Gasteiger partial charge in [-0.1, -0.05) is 11.6 Å². The van der Waals surface area contributed by atoms with Crippen molar-refractivity contribution in [3.63, 3.8) is 0 Å². The summed E-state index contributed by atoms with van der Waals surface area (Å²) in [6, 6.07) is 3.72. The summed E-state index contributed by atoms with van der Waals surface area (Å²) in [4.78, 5) is 4.07. The Labute approximate surface area is 78.9 Å². The zero-order valence-corrected chi connectivity index (χ0v) is 8.28. The third kappa shape index (κ3) is 2.99. The average molecular weight is 177 g/mol. The molecule has 70 valence electrons. The minimum absolute atomic E-state index is 0.508. The summed E-state index contributed by atoms with van der Waals surface area (Å²) in [5, 5.41) is 9.71. The van der Waals surface area contributed by atoms with E-state index in [2.05, 4.69) is 4.98 Å². The first-order valence-electron chi connectivity index (χ1n) is 4.35. The van der Waals surface area contributed by atoms with Crippen LogP contribution in [0.25, 0.3) is 0 Å². The van der Waals surface area contributed by atoms with Crippen molar-refractivity contribution in [2.45, 2.75) is 26.9 Å². The normalized spacial score (nSPS) is 12.3. The van der Waals surface area contributed by atoms with Crippen LogP contribution in [0, 0.1) is 6.92 Å². The molecule has 0 spiro atoms. The predicted octanol–water partition coefficient (Wildman–Crippen LogP) is 2.39. The molecule has 2 nitrogen and oxygen atoms in total. The van der Waals surface area contributed by atoms with Gasteiger partial charge in [-0.2, -0.15) is 0 Å². The minimum Gasteiger partial charge on any atom is -0.384 e. The SMILES string of the molecule is CC(C)=CC(O)c1ccnc(C)c1. The first kappa shape index (κ1) is 9.93. The summed E-state index contributed by atoms with van der Waals surface area (Å²) in [6.45, 7) is 5.85. The third-order valence-corrected chi connectivity index (χ3v) is 1.75. The minimum atomic E-state index is -0.508. The summed E-state index contributed by atoms with van der Waals surface area (Å²) in [6.07, 6.45) is 3.04. The number of allylic oxidation sites excluding steroid dienone is 1. The molecule has 0 saturated heterocycles. The highest BCUT2D eigenvalue weighted by Gasteiger charge is 2.03. The van der Waals surface area contributed by atoms with Crippen molar-refractivity contribution < 1.29 is 5.11 Å². The van der Waals surface area contributed by atoms with E-state index in [9.17, 15) is 5.11 Å². The van der Waals surface area contributed by atoms with Gasteiger partial charge in [-0.25, -0.2) is 0 Å². The number of aryl methyl sites for hydroxylation is 1. The van der Waals surface area contributed by atoms with E-state index >= 15 is 0 Å². The van der Waals surface area contributed by atoms with E-state index in [1.807, 2.05) is 39.0 Å². The number of aliphatic hydroxyl groups is 1. The van der Waals surface area contributed by atoms with Crippen molar-refractivity contribution in [3.05, 3.63) is 41.2 Å². The molecule has 0 aromatic carbocycles. The van der Waals surface area contributed by atoms with Crippen molar-refractivity contribution in [2.24, 2.45) is 0 Å². The number of hydrogen-bond acceptors (Lipinski definition) is 2. The Hall–Kier alpha value is -1.15. The number of hydrogen-bond donors (Lipinski definition) is 1. The fraction of sp³-hybridized carbons (Fsp3) is 0.364. The van der Waals surface area contributed by atoms with Crippen LogP contribution in [0.2, 0.25) is 0 Å². The molecule has 1 rings (SSSR count). The van der Waals surface area contributed by atoms with E-state index in [-0.39, 0.29) is 0 Å². The summed E-state index contributed by atoms with van der Waals surface area (Å²) >= 11 is 0. The molecule has 0 radical (unpaired) electrons. The van der Waals surface area contributed by atoms with Gasteiger partial charge in [0.1, 0.15) is 0 Å². The molecule has 1 atom stereocenters. The zero-order chi connectivity index (χ0) is 9.84. The third-order valence-electron chi connectivity index (χ3n) is 1.75. The van der Waals surface area contributed by atoms with Crippen molar-refractivity contribution in [3.8, 4) is 0 Å². The quantitative estimate of drug-likeness (QED) is 0.703. The molecule has 1 N–H and O–H groups in total. The van der Waals surface area contributed by atoms with Gasteiger partial charge >= 0.3 is 0 Å². The Morgan fingerprint density at radius 3 is 2.77 bits per heavy atom. The monoisotopic (exact) mass is 177 g/mol. The molecular weight excluding hydrogens is 162 g/mol. The maximum atomic E-state index is 9.71. The number of rotatable bonds is 2. The standard InChI is InChI=1S/C11H15NO/c1-8(2)6-11(13)10-4-5-12-9(3)7-10/h4-7,11,13H,1-3H3. The van der Waals surface area contributed by atoms with Crippen LogP contribution in [0.3, 0.4) is 0 Å². The first-order chi connectivity index (χ1) is 6.09. The Kier molecular flexibility index (Phi) is 3.20. The number of nitrogens with zero attached hydrogens (tertiary/aromatic N) is 1. The lowest BCUT2D eigenvalue weighted by atomic mass is 10.1. The van der Waals surface area contributed by atoms with Crippen molar-refractivity contribution in [1.29, 1.82) is 0 Å². The van der Waals surface area contributed by atoms with Gasteiger partial charge in [-0.15, -0.1) is 0 Å². The maximum Gasteiger partial charge on any atom is 0.0975 e. The molecule has 0 aliphatic heterocycles. The average Bonchev–Trinajstić information content (AvgIpc) is 2.03. The van der Waals surface area contributed by atoms with Crippen LogP contribution >= 0.6 is 0 Å². The smallest absolute Gasteiger partial charge is 0.0975 e. The van der Waals surface area contributed by atoms with E-state index in [0.717, 1.165) is 16.8 Å². The highest BCUT2D eigenvalue weighted by Crippen LogP contribution is 2.15. The van der Waals surface area contributed by atoms with Crippen LogP contribution in [-0.4, -0.2) is 10.1 Å². The van der Waals surface area contributed by atoms with Gasteiger partial charge in [0.2, 0.25) is 0 Å². The van der Waals surface area contributed by atoms with Gasteiger partial charge in [0.05, 0.1) is 6.10 Å². The summed E-state index contributed by atoms with van der Waals surface area (Å²) in [5.74, 6) is 0. The molecule has 0 fully saturated rings. The van der Waals surface area contributed by atoms with E-state index in [1.165, 1.54) is 0 Å². The lowest BCUT2D eigenvalue weighted by molar-refractivity contribution is 0.227. The Morgan fingerprint density at radius 1 is 1.54 bits per heavy atom. The molecule has 0 saturated carbocycles. The zero-order valence-electron chi connectivity index (χ0n) is 8.28. The molecule has 0 aliphatic carbocycles. The summed E-state index contributed by atoms with van der Waals surface area (Å²) in [5.41, 5.74) is 2.94. The Morgan fingerprint density at radius 2 is 2.23 bits per heavy atom. The predicted molar refractivity (Wildman–Crippen MR) is 53.4 cm³/mol. The molecule has 1 aromatic rings. The van der Waals surface area contributed by atoms with Gasteiger partial charge in [0.25, 0.3) is 0 Å². The van der Waals surface area contributed by atoms with E-state index in [4.69, 9.17) is 0 Å². The fourth-order valence-electron chi connectivity index (χ4n) is 1.16. The van der Waals surface area contributed by atoms with E-state index in [0.29, 0.717) is 0 Å². The first-order valence-corrected chi connectivity index (χ1v) is 4.35. The van der Waals surface area contributed by atoms with Gasteiger partial charge in [0.15, 0.2) is 0 Å².